The summed E-state index contributed by atoms with van der Waals surface area (Å²) in [6, 6.07) is 15.9. The number of benzene rings is 2. The topological polar surface area (TPSA) is 9.23 Å². The summed E-state index contributed by atoms with van der Waals surface area (Å²) < 4.78 is 43.0. The smallest absolute Gasteiger partial charge is 0.368 e. The number of alkyl halides is 3. The highest BCUT2D eigenvalue weighted by Crippen LogP contribution is 2.35. The van der Waals surface area contributed by atoms with Crippen molar-refractivity contribution in [3.63, 3.8) is 0 Å². The Morgan fingerprint density at radius 1 is 0.923 bits per heavy atom. The Labute approximate surface area is 152 Å². The van der Waals surface area contributed by atoms with E-state index in [0.29, 0.717) is 6.42 Å². The minimum atomic E-state index is -4.26. The molecule has 0 amide bonds. The maximum atomic E-state index is 12.7. The summed E-state index contributed by atoms with van der Waals surface area (Å²) in [6.45, 7) is 2.22. The Morgan fingerprint density at radius 3 is 1.96 bits per heavy atom. The third-order valence-corrected chi connectivity index (χ3v) is 4.74. The van der Waals surface area contributed by atoms with Gasteiger partial charge in [-0.15, -0.1) is 0 Å². The molecule has 136 valence electrons. The first-order valence-corrected chi connectivity index (χ1v) is 8.85. The summed E-state index contributed by atoms with van der Waals surface area (Å²) in [5.41, 5.74) is 4.13. The van der Waals surface area contributed by atoms with E-state index < -0.39 is 12.3 Å². The van der Waals surface area contributed by atoms with Crippen LogP contribution in [0.4, 0.5) is 13.2 Å². The highest BCUT2D eigenvalue weighted by molar-refractivity contribution is 5.44. The molecule has 1 aliphatic rings. The van der Waals surface area contributed by atoms with Crippen molar-refractivity contribution in [2.24, 2.45) is 0 Å². The maximum absolute atomic E-state index is 12.7. The molecule has 0 spiro atoms. The average molecular weight is 358 g/mol. The Hall–Kier alpha value is -2.25. The number of hydrogen-bond donors (Lipinski definition) is 0. The second kappa shape index (κ2) is 7.97. The van der Waals surface area contributed by atoms with E-state index >= 15 is 0 Å². The Morgan fingerprint density at radius 2 is 1.50 bits per heavy atom. The zero-order valence-corrected chi connectivity index (χ0v) is 14.6. The van der Waals surface area contributed by atoms with E-state index in [4.69, 9.17) is 4.74 Å². The van der Waals surface area contributed by atoms with E-state index in [0.717, 1.165) is 23.1 Å². The molecule has 0 bridgehead atoms. The summed E-state index contributed by atoms with van der Waals surface area (Å²) in [5.74, 6) is 6.27. The normalized spacial score (nSPS) is 20.3. The van der Waals surface area contributed by atoms with E-state index in [2.05, 4.69) is 30.9 Å². The predicted molar refractivity (Wildman–Crippen MR) is 96.0 cm³/mol. The largest absolute Gasteiger partial charge is 0.414 e. The van der Waals surface area contributed by atoms with Gasteiger partial charge in [0.2, 0.25) is 0 Å². The van der Waals surface area contributed by atoms with Crippen molar-refractivity contribution >= 4 is 0 Å². The Balaban J connectivity index is 1.61. The van der Waals surface area contributed by atoms with Crippen LogP contribution in [-0.4, -0.2) is 18.9 Å². The van der Waals surface area contributed by atoms with E-state index in [-0.39, 0.29) is 18.9 Å². The number of rotatable bonds is 2. The quantitative estimate of drug-likeness (QED) is 0.647. The van der Waals surface area contributed by atoms with Crippen LogP contribution in [0.1, 0.15) is 47.9 Å². The standard InChI is InChI=1S/C22H21F3O/c1-2-16-3-5-17(6-4-16)7-8-18-9-11-19(12-10-18)20-13-14-21(26-15-20)22(23,24)25/h3-6,9-12,20-21H,2,13-15H2,1H3. The van der Waals surface area contributed by atoms with Crippen LogP contribution in [0.15, 0.2) is 48.5 Å². The van der Waals surface area contributed by atoms with Crippen molar-refractivity contribution in [1.82, 2.24) is 0 Å². The van der Waals surface area contributed by atoms with Crippen LogP contribution in [0.25, 0.3) is 0 Å². The molecular formula is C22H21F3O. The second-order valence-corrected chi connectivity index (χ2v) is 6.56. The van der Waals surface area contributed by atoms with Crippen molar-refractivity contribution in [3.05, 3.63) is 70.8 Å². The van der Waals surface area contributed by atoms with Crippen LogP contribution in [0, 0.1) is 11.8 Å². The monoisotopic (exact) mass is 358 g/mol. The lowest BCUT2D eigenvalue weighted by Crippen LogP contribution is -2.36. The van der Waals surface area contributed by atoms with Gasteiger partial charge in [0, 0.05) is 17.0 Å². The van der Waals surface area contributed by atoms with Crippen LogP contribution in [0.5, 0.6) is 0 Å². The first-order valence-electron chi connectivity index (χ1n) is 8.85. The molecule has 2 aromatic carbocycles. The minimum Gasteiger partial charge on any atom is -0.368 e. The van der Waals surface area contributed by atoms with Gasteiger partial charge in [-0.2, -0.15) is 13.2 Å². The molecule has 2 aromatic rings. The van der Waals surface area contributed by atoms with Crippen molar-refractivity contribution in [2.75, 3.05) is 6.61 Å². The predicted octanol–water partition coefficient (Wildman–Crippen LogP) is 5.47. The Kier molecular flexibility index (Phi) is 5.68. The molecule has 1 fully saturated rings. The number of halogens is 3. The lowest BCUT2D eigenvalue weighted by molar-refractivity contribution is -0.232. The molecule has 0 N–H and O–H groups in total. The molecule has 0 aromatic heterocycles. The second-order valence-electron chi connectivity index (χ2n) is 6.56. The molecule has 4 heteroatoms. The molecule has 0 aliphatic carbocycles. The molecule has 3 rings (SSSR count). The summed E-state index contributed by atoms with van der Waals surface area (Å²) in [6.07, 6.45) is -4.38. The first-order chi connectivity index (χ1) is 12.5. The van der Waals surface area contributed by atoms with Crippen LogP contribution in [0.2, 0.25) is 0 Å². The van der Waals surface area contributed by atoms with Gasteiger partial charge in [0.1, 0.15) is 0 Å². The molecule has 2 unspecified atom stereocenters. The van der Waals surface area contributed by atoms with Crippen molar-refractivity contribution in [1.29, 1.82) is 0 Å². The molecule has 26 heavy (non-hydrogen) atoms. The van der Waals surface area contributed by atoms with E-state index in [9.17, 15) is 13.2 Å². The third kappa shape index (κ3) is 4.68. The van der Waals surface area contributed by atoms with E-state index in [1.54, 1.807) is 0 Å². The van der Waals surface area contributed by atoms with E-state index in [1.165, 1.54) is 5.56 Å². The lowest BCUT2D eigenvalue weighted by Gasteiger charge is -2.30. The van der Waals surface area contributed by atoms with Crippen molar-refractivity contribution < 1.29 is 17.9 Å². The zero-order valence-electron chi connectivity index (χ0n) is 14.6. The van der Waals surface area contributed by atoms with Gasteiger partial charge in [0.25, 0.3) is 0 Å². The fourth-order valence-electron chi connectivity index (χ4n) is 3.08. The number of hydrogen-bond acceptors (Lipinski definition) is 1. The van der Waals surface area contributed by atoms with Crippen LogP contribution >= 0.6 is 0 Å². The SMILES string of the molecule is CCc1ccc(C#Cc2ccc(C3CCC(C(F)(F)F)OC3)cc2)cc1. The van der Waals surface area contributed by atoms with Crippen LogP contribution in [0.3, 0.4) is 0 Å². The van der Waals surface area contributed by atoms with Crippen molar-refractivity contribution in [3.8, 4) is 11.8 Å². The molecule has 1 heterocycles. The fourth-order valence-corrected chi connectivity index (χ4v) is 3.08. The van der Waals surface area contributed by atoms with Gasteiger partial charge in [0.05, 0.1) is 6.61 Å². The number of ether oxygens (including phenoxy) is 1. The molecule has 1 saturated heterocycles. The zero-order chi connectivity index (χ0) is 18.6. The van der Waals surface area contributed by atoms with Gasteiger partial charge in [0.15, 0.2) is 6.10 Å². The minimum absolute atomic E-state index is 0.0113. The highest BCUT2D eigenvalue weighted by atomic mass is 19.4. The van der Waals surface area contributed by atoms with Gasteiger partial charge in [-0.05, 0) is 54.7 Å². The Bertz CT molecular complexity index is 771. The summed E-state index contributed by atoms with van der Waals surface area (Å²) in [4.78, 5) is 0. The van der Waals surface area contributed by atoms with E-state index in [1.807, 2.05) is 36.4 Å². The first kappa shape index (κ1) is 18.5. The van der Waals surface area contributed by atoms with Crippen LogP contribution < -0.4 is 0 Å². The summed E-state index contributed by atoms with van der Waals surface area (Å²) >= 11 is 0. The highest BCUT2D eigenvalue weighted by Gasteiger charge is 2.42. The van der Waals surface area contributed by atoms with Gasteiger partial charge in [-0.3, -0.25) is 0 Å². The van der Waals surface area contributed by atoms with Crippen molar-refractivity contribution in [2.45, 2.75) is 44.4 Å². The summed E-state index contributed by atoms with van der Waals surface area (Å²) in [7, 11) is 0. The maximum Gasteiger partial charge on any atom is 0.414 e. The molecule has 2 atom stereocenters. The van der Waals surface area contributed by atoms with Gasteiger partial charge in [-0.25, -0.2) is 0 Å². The van der Waals surface area contributed by atoms with Crippen LogP contribution in [-0.2, 0) is 11.2 Å². The molecule has 0 saturated carbocycles. The average Bonchev–Trinajstić information content (AvgIpc) is 2.66. The molecular weight excluding hydrogens is 337 g/mol. The van der Waals surface area contributed by atoms with Gasteiger partial charge >= 0.3 is 6.18 Å². The summed E-state index contributed by atoms with van der Waals surface area (Å²) in [5, 5.41) is 0. The number of aryl methyl sites for hydroxylation is 1. The fraction of sp³-hybridized carbons (Fsp3) is 0.364. The van der Waals surface area contributed by atoms with Gasteiger partial charge < -0.3 is 4.74 Å². The molecule has 1 aliphatic heterocycles. The third-order valence-electron chi connectivity index (χ3n) is 4.74. The molecule has 1 nitrogen and oxygen atoms in total. The lowest BCUT2D eigenvalue weighted by atomic mass is 9.91. The van der Waals surface area contributed by atoms with Gasteiger partial charge in [-0.1, -0.05) is 43.0 Å². The molecule has 0 radical (unpaired) electrons.